The van der Waals surface area contributed by atoms with E-state index in [4.69, 9.17) is 0 Å². The molecule has 4 heterocycles. The van der Waals surface area contributed by atoms with Crippen LogP contribution in [0.4, 0.5) is 5.69 Å². The SMILES string of the molecule is O=C(c1cnccn1)N1CC[C@@H]2[C@H]1CCC(=O)N2c1cccnc1. The van der Waals surface area contributed by atoms with E-state index in [9.17, 15) is 9.59 Å². The van der Waals surface area contributed by atoms with E-state index in [0.29, 0.717) is 25.1 Å². The summed E-state index contributed by atoms with van der Waals surface area (Å²) in [5, 5.41) is 0. The molecular weight excluding hydrogens is 306 g/mol. The molecule has 0 aromatic carbocycles. The molecule has 2 aliphatic rings. The molecule has 0 saturated carbocycles. The zero-order valence-corrected chi connectivity index (χ0v) is 13.1. The van der Waals surface area contributed by atoms with Crippen molar-refractivity contribution in [1.29, 1.82) is 0 Å². The number of piperidine rings is 1. The second-order valence-electron chi connectivity index (χ2n) is 6.03. The number of anilines is 1. The standard InChI is InChI=1S/C17H17N5O2/c23-16-4-3-14-15(22(16)12-2-1-6-18-10-12)5-9-21(14)17(24)13-11-19-7-8-20-13/h1-2,6-8,10-11,14-15H,3-5,9H2/t14-,15-/m1/s1. The Morgan fingerprint density at radius 2 is 1.96 bits per heavy atom. The lowest BCUT2D eigenvalue weighted by atomic mass is 9.95. The van der Waals surface area contributed by atoms with Gasteiger partial charge >= 0.3 is 0 Å². The Bertz CT molecular complexity index is 752. The first-order valence-corrected chi connectivity index (χ1v) is 8.05. The average Bonchev–Trinajstić information content (AvgIpc) is 3.06. The maximum atomic E-state index is 12.7. The number of rotatable bonds is 2. The number of pyridine rings is 1. The minimum Gasteiger partial charge on any atom is -0.332 e. The predicted molar refractivity (Wildman–Crippen MR) is 86.2 cm³/mol. The molecule has 2 saturated heterocycles. The molecule has 0 spiro atoms. The van der Waals surface area contributed by atoms with E-state index in [1.807, 2.05) is 21.9 Å². The van der Waals surface area contributed by atoms with Crippen molar-refractivity contribution in [2.45, 2.75) is 31.3 Å². The van der Waals surface area contributed by atoms with Crippen molar-refractivity contribution in [2.24, 2.45) is 0 Å². The summed E-state index contributed by atoms with van der Waals surface area (Å²) >= 11 is 0. The fourth-order valence-electron chi connectivity index (χ4n) is 3.70. The van der Waals surface area contributed by atoms with Crippen molar-refractivity contribution in [3.05, 3.63) is 48.8 Å². The number of aromatic nitrogens is 3. The van der Waals surface area contributed by atoms with Crippen molar-refractivity contribution in [3.8, 4) is 0 Å². The van der Waals surface area contributed by atoms with Gasteiger partial charge in [0.15, 0.2) is 0 Å². The zero-order chi connectivity index (χ0) is 16.5. The monoisotopic (exact) mass is 323 g/mol. The van der Waals surface area contributed by atoms with Crippen molar-refractivity contribution in [3.63, 3.8) is 0 Å². The minimum atomic E-state index is -0.115. The summed E-state index contributed by atoms with van der Waals surface area (Å²) in [6, 6.07) is 3.72. The number of nitrogens with zero attached hydrogens (tertiary/aromatic N) is 5. The quantitative estimate of drug-likeness (QED) is 0.832. The molecule has 2 aliphatic heterocycles. The molecule has 2 aromatic heterocycles. The summed E-state index contributed by atoms with van der Waals surface area (Å²) in [7, 11) is 0. The van der Waals surface area contributed by atoms with Crippen molar-refractivity contribution in [1.82, 2.24) is 19.9 Å². The predicted octanol–water partition coefficient (Wildman–Crippen LogP) is 1.28. The summed E-state index contributed by atoms with van der Waals surface area (Å²) in [6.45, 7) is 0.620. The highest BCUT2D eigenvalue weighted by atomic mass is 16.2. The molecule has 0 N–H and O–H groups in total. The first kappa shape index (κ1) is 14.7. The van der Waals surface area contributed by atoms with E-state index in [2.05, 4.69) is 15.0 Å². The van der Waals surface area contributed by atoms with Gasteiger partial charge in [0.05, 0.1) is 30.2 Å². The fourth-order valence-corrected chi connectivity index (χ4v) is 3.70. The average molecular weight is 323 g/mol. The van der Waals surface area contributed by atoms with Crippen LogP contribution in [-0.4, -0.2) is 50.3 Å². The van der Waals surface area contributed by atoms with Crippen LogP contribution < -0.4 is 4.90 Å². The van der Waals surface area contributed by atoms with Crippen LogP contribution in [0.25, 0.3) is 0 Å². The smallest absolute Gasteiger partial charge is 0.274 e. The Morgan fingerprint density at radius 3 is 2.71 bits per heavy atom. The molecule has 7 nitrogen and oxygen atoms in total. The summed E-state index contributed by atoms with van der Waals surface area (Å²) in [6.07, 6.45) is 9.83. The van der Waals surface area contributed by atoms with Gasteiger partial charge in [-0.05, 0) is 25.0 Å². The van der Waals surface area contributed by atoms with Gasteiger partial charge in [0.2, 0.25) is 5.91 Å². The van der Waals surface area contributed by atoms with Gasteiger partial charge in [0, 0.05) is 31.6 Å². The van der Waals surface area contributed by atoms with E-state index >= 15 is 0 Å². The largest absolute Gasteiger partial charge is 0.332 e. The van der Waals surface area contributed by atoms with Gasteiger partial charge in [0.25, 0.3) is 5.91 Å². The highest BCUT2D eigenvalue weighted by molar-refractivity contribution is 5.96. The van der Waals surface area contributed by atoms with Crippen molar-refractivity contribution >= 4 is 17.5 Å². The van der Waals surface area contributed by atoms with E-state index in [1.54, 1.807) is 18.6 Å². The van der Waals surface area contributed by atoms with Crippen LogP contribution in [0.1, 0.15) is 29.8 Å². The number of carbonyl (C=O) groups excluding carboxylic acids is 2. The van der Waals surface area contributed by atoms with Crippen molar-refractivity contribution in [2.75, 3.05) is 11.4 Å². The van der Waals surface area contributed by atoms with Gasteiger partial charge in [-0.15, -0.1) is 0 Å². The van der Waals surface area contributed by atoms with Crippen LogP contribution in [0.2, 0.25) is 0 Å². The summed E-state index contributed by atoms with van der Waals surface area (Å²) in [5.41, 5.74) is 1.15. The Balaban J connectivity index is 1.61. The molecule has 2 aromatic rings. The molecule has 0 aliphatic carbocycles. The van der Waals surface area contributed by atoms with Crippen LogP contribution in [0.3, 0.4) is 0 Å². The van der Waals surface area contributed by atoms with Crippen LogP contribution in [0.15, 0.2) is 43.1 Å². The zero-order valence-electron chi connectivity index (χ0n) is 13.1. The van der Waals surface area contributed by atoms with Crippen LogP contribution >= 0.6 is 0 Å². The lowest BCUT2D eigenvalue weighted by Gasteiger charge is -2.39. The van der Waals surface area contributed by atoms with Crippen LogP contribution in [0.5, 0.6) is 0 Å². The highest BCUT2D eigenvalue weighted by Gasteiger charge is 2.45. The molecule has 7 heteroatoms. The topological polar surface area (TPSA) is 79.3 Å². The molecule has 0 unspecified atom stereocenters. The number of fused-ring (bicyclic) bond motifs is 1. The third kappa shape index (κ3) is 2.42. The number of hydrogen-bond acceptors (Lipinski definition) is 5. The number of hydrogen-bond donors (Lipinski definition) is 0. The molecule has 0 bridgehead atoms. The van der Waals surface area contributed by atoms with Gasteiger partial charge < -0.3 is 9.80 Å². The number of amides is 2. The number of carbonyl (C=O) groups is 2. The summed E-state index contributed by atoms with van der Waals surface area (Å²) in [4.78, 5) is 41.0. The van der Waals surface area contributed by atoms with E-state index in [1.165, 1.54) is 12.4 Å². The molecule has 0 radical (unpaired) electrons. The minimum absolute atomic E-state index is 0.00364. The third-order valence-electron chi connectivity index (χ3n) is 4.73. The van der Waals surface area contributed by atoms with E-state index in [0.717, 1.165) is 12.1 Å². The van der Waals surface area contributed by atoms with Gasteiger partial charge in [-0.3, -0.25) is 19.6 Å². The second kappa shape index (κ2) is 5.99. The molecule has 24 heavy (non-hydrogen) atoms. The van der Waals surface area contributed by atoms with E-state index in [-0.39, 0.29) is 23.9 Å². The second-order valence-corrected chi connectivity index (χ2v) is 6.03. The first-order valence-electron chi connectivity index (χ1n) is 8.05. The molecular formula is C17H17N5O2. The van der Waals surface area contributed by atoms with Gasteiger partial charge in [0.1, 0.15) is 5.69 Å². The molecule has 2 fully saturated rings. The Hall–Kier alpha value is -2.83. The Labute approximate surface area is 139 Å². The Kier molecular flexibility index (Phi) is 3.68. The molecule has 122 valence electrons. The maximum absolute atomic E-state index is 12.7. The van der Waals surface area contributed by atoms with Crippen molar-refractivity contribution < 1.29 is 9.59 Å². The lowest BCUT2D eigenvalue weighted by molar-refractivity contribution is -0.120. The van der Waals surface area contributed by atoms with Gasteiger partial charge in [-0.2, -0.15) is 0 Å². The Morgan fingerprint density at radius 1 is 1.08 bits per heavy atom. The first-order chi connectivity index (χ1) is 11.8. The molecule has 4 rings (SSSR count). The third-order valence-corrected chi connectivity index (χ3v) is 4.73. The van der Waals surface area contributed by atoms with Crippen LogP contribution in [-0.2, 0) is 4.79 Å². The summed E-state index contributed by atoms with van der Waals surface area (Å²) in [5.74, 6) is -0.0193. The molecule has 2 atom stereocenters. The maximum Gasteiger partial charge on any atom is 0.274 e. The highest BCUT2D eigenvalue weighted by Crippen LogP contribution is 2.35. The summed E-state index contributed by atoms with van der Waals surface area (Å²) < 4.78 is 0. The lowest BCUT2D eigenvalue weighted by Crippen LogP contribution is -2.53. The fraction of sp³-hybridized carbons (Fsp3) is 0.353. The van der Waals surface area contributed by atoms with Crippen LogP contribution in [0, 0.1) is 0 Å². The van der Waals surface area contributed by atoms with E-state index < -0.39 is 0 Å². The molecule has 2 amide bonds. The van der Waals surface area contributed by atoms with Gasteiger partial charge in [-0.25, -0.2) is 4.98 Å². The number of likely N-dealkylation sites (tertiary alicyclic amines) is 1. The van der Waals surface area contributed by atoms with Gasteiger partial charge in [-0.1, -0.05) is 0 Å². The normalized spacial score (nSPS) is 23.2.